The van der Waals surface area contributed by atoms with E-state index in [1.54, 1.807) is 0 Å². The molecule has 4 rings (SSSR count). The van der Waals surface area contributed by atoms with Crippen LogP contribution in [0.25, 0.3) is 0 Å². The molecule has 3 aliphatic rings. The highest BCUT2D eigenvalue weighted by Crippen LogP contribution is 2.32. The van der Waals surface area contributed by atoms with Crippen LogP contribution >= 0.6 is 0 Å². The van der Waals surface area contributed by atoms with Crippen molar-refractivity contribution in [3.05, 3.63) is 23.8 Å². The Morgan fingerprint density at radius 3 is 2.95 bits per heavy atom. The van der Waals surface area contributed by atoms with Gasteiger partial charge in [-0.25, -0.2) is 4.79 Å². The van der Waals surface area contributed by atoms with Crippen LogP contribution in [0.1, 0.15) is 24.8 Å². The zero-order valence-electron chi connectivity index (χ0n) is 12.5. The number of rotatable bonds is 4. The van der Waals surface area contributed by atoms with Gasteiger partial charge in [-0.1, -0.05) is 6.07 Å². The summed E-state index contributed by atoms with van der Waals surface area (Å²) in [4.78, 5) is 14.5. The summed E-state index contributed by atoms with van der Waals surface area (Å²) >= 11 is 0. The van der Waals surface area contributed by atoms with E-state index < -0.39 is 0 Å². The topological polar surface area (TPSA) is 62.8 Å². The summed E-state index contributed by atoms with van der Waals surface area (Å²) in [6.07, 6.45) is 3.69. The lowest BCUT2D eigenvalue weighted by molar-refractivity contribution is 0.174. The van der Waals surface area contributed by atoms with Gasteiger partial charge in [0.05, 0.1) is 0 Å². The van der Waals surface area contributed by atoms with Crippen LogP contribution in [0.15, 0.2) is 18.2 Å². The van der Waals surface area contributed by atoms with Crippen molar-refractivity contribution in [1.29, 1.82) is 0 Å². The number of urea groups is 1. The molecule has 2 heterocycles. The molecule has 1 aromatic rings. The fourth-order valence-electron chi connectivity index (χ4n) is 3.15. The molecule has 1 atom stereocenters. The van der Waals surface area contributed by atoms with Gasteiger partial charge in [-0.2, -0.15) is 0 Å². The Morgan fingerprint density at radius 2 is 2.09 bits per heavy atom. The maximum Gasteiger partial charge on any atom is 0.315 e. The van der Waals surface area contributed by atoms with Crippen molar-refractivity contribution >= 4 is 6.03 Å². The summed E-state index contributed by atoms with van der Waals surface area (Å²) in [6.45, 7) is 2.85. The van der Waals surface area contributed by atoms with E-state index in [-0.39, 0.29) is 18.9 Å². The molecule has 1 aromatic carbocycles. The van der Waals surface area contributed by atoms with Crippen molar-refractivity contribution in [3.63, 3.8) is 0 Å². The number of ether oxygens (including phenoxy) is 2. The van der Waals surface area contributed by atoms with E-state index in [9.17, 15) is 4.79 Å². The Labute approximate surface area is 129 Å². The Morgan fingerprint density at radius 1 is 1.23 bits per heavy atom. The summed E-state index contributed by atoms with van der Waals surface area (Å²) < 4.78 is 10.6. The molecular weight excluding hydrogens is 282 g/mol. The second kappa shape index (κ2) is 5.68. The van der Waals surface area contributed by atoms with Crippen LogP contribution in [-0.4, -0.2) is 42.9 Å². The summed E-state index contributed by atoms with van der Waals surface area (Å²) in [6, 6.07) is 6.69. The monoisotopic (exact) mass is 303 g/mol. The Bertz CT molecular complexity index is 574. The summed E-state index contributed by atoms with van der Waals surface area (Å²) in [5.74, 6) is 1.51. The fraction of sp³-hybridized carbons (Fsp3) is 0.562. The lowest BCUT2D eigenvalue weighted by atomic mass is 10.2. The van der Waals surface area contributed by atoms with Gasteiger partial charge in [0.15, 0.2) is 11.5 Å². The average Bonchev–Trinajstić information content (AvgIpc) is 3.08. The lowest BCUT2D eigenvalue weighted by Crippen LogP contribution is -2.43. The molecule has 2 fully saturated rings. The highest BCUT2D eigenvalue weighted by molar-refractivity contribution is 5.74. The van der Waals surface area contributed by atoms with Crippen LogP contribution in [0.2, 0.25) is 0 Å². The number of hydrogen-bond donors (Lipinski definition) is 2. The summed E-state index contributed by atoms with van der Waals surface area (Å²) in [7, 11) is 0. The van der Waals surface area contributed by atoms with Crippen LogP contribution in [0.4, 0.5) is 4.79 Å². The van der Waals surface area contributed by atoms with Gasteiger partial charge in [-0.15, -0.1) is 0 Å². The predicted octanol–water partition coefficient (Wildman–Crippen LogP) is 1.45. The molecule has 1 saturated heterocycles. The standard InChI is InChI=1S/C16H21N3O3/c20-16(18-12-5-6-19(9-12)13-2-3-13)17-8-11-1-4-14-15(7-11)22-10-21-14/h1,4,7,12-13H,2-3,5-6,8-10H2,(H2,17,18,20). The van der Waals surface area contributed by atoms with Gasteiger partial charge in [0.1, 0.15) is 0 Å². The number of fused-ring (bicyclic) bond motifs is 1. The molecule has 6 heteroatoms. The number of carbonyl (C=O) groups excluding carboxylic acids is 1. The third-order valence-electron chi connectivity index (χ3n) is 4.51. The van der Waals surface area contributed by atoms with Crippen LogP contribution in [0.3, 0.4) is 0 Å². The average molecular weight is 303 g/mol. The Kier molecular flexibility index (Phi) is 3.54. The summed E-state index contributed by atoms with van der Waals surface area (Å²) in [5, 5.41) is 5.98. The van der Waals surface area contributed by atoms with Crippen molar-refractivity contribution in [2.45, 2.75) is 37.9 Å². The van der Waals surface area contributed by atoms with Gasteiger partial charge < -0.3 is 20.1 Å². The van der Waals surface area contributed by atoms with Crippen LogP contribution in [0, 0.1) is 0 Å². The van der Waals surface area contributed by atoms with Gasteiger partial charge in [-0.05, 0) is 37.0 Å². The molecule has 118 valence electrons. The van der Waals surface area contributed by atoms with Crippen molar-refractivity contribution in [1.82, 2.24) is 15.5 Å². The van der Waals surface area contributed by atoms with Gasteiger partial charge in [0, 0.05) is 31.7 Å². The highest BCUT2D eigenvalue weighted by Gasteiger charge is 2.34. The molecule has 1 aliphatic carbocycles. The van der Waals surface area contributed by atoms with E-state index in [1.807, 2.05) is 18.2 Å². The van der Waals surface area contributed by atoms with E-state index >= 15 is 0 Å². The minimum atomic E-state index is -0.0969. The molecule has 22 heavy (non-hydrogen) atoms. The number of hydrogen-bond acceptors (Lipinski definition) is 4. The molecule has 1 unspecified atom stereocenters. The third-order valence-corrected chi connectivity index (χ3v) is 4.51. The smallest absolute Gasteiger partial charge is 0.315 e. The quantitative estimate of drug-likeness (QED) is 0.884. The van der Waals surface area contributed by atoms with Gasteiger partial charge >= 0.3 is 6.03 Å². The molecule has 0 spiro atoms. The Balaban J connectivity index is 1.24. The normalized spacial score (nSPS) is 23.5. The maximum atomic E-state index is 12.0. The minimum absolute atomic E-state index is 0.0969. The van der Waals surface area contributed by atoms with Gasteiger partial charge in [-0.3, -0.25) is 4.90 Å². The first-order valence-electron chi connectivity index (χ1n) is 7.95. The van der Waals surface area contributed by atoms with E-state index in [0.717, 1.165) is 42.6 Å². The molecule has 0 radical (unpaired) electrons. The van der Waals surface area contributed by atoms with E-state index in [0.29, 0.717) is 6.54 Å². The molecule has 0 aromatic heterocycles. The van der Waals surface area contributed by atoms with Crippen molar-refractivity contribution in [3.8, 4) is 11.5 Å². The second-order valence-corrected chi connectivity index (χ2v) is 6.23. The molecule has 1 saturated carbocycles. The fourth-order valence-corrected chi connectivity index (χ4v) is 3.15. The molecular formula is C16H21N3O3. The first-order valence-corrected chi connectivity index (χ1v) is 7.95. The molecule has 2 amide bonds. The number of likely N-dealkylation sites (tertiary alicyclic amines) is 1. The number of nitrogens with one attached hydrogen (secondary N) is 2. The van der Waals surface area contributed by atoms with Crippen LogP contribution in [-0.2, 0) is 6.54 Å². The summed E-state index contributed by atoms with van der Waals surface area (Å²) in [5.41, 5.74) is 1.01. The van der Waals surface area contributed by atoms with E-state index in [2.05, 4.69) is 15.5 Å². The number of benzene rings is 1. The van der Waals surface area contributed by atoms with Crippen molar-refractivity contribution < 1.29 is 14.3 Å². The maximum absolute atomic E-state index is 12.0. The third kappa shape index (κ3) is 2.97. The molecule has 2 aliphatic heterocycles. The van der Waals surface area contributed by atoms with Crippen LogP contribution in [0.5, 0.6) is 11.5 Å². The first kappa shape index (κ1) is 13.7. The molecule has 2 N–H and O–H groups in total. The van der Waals surface area contributed by atoms with Crippen LogP contribution < -0.4 is 20.1 Å². The van der Waals surface area contributed by atoms with Crippen molar-refractivity contribution in [2.24, 2.45) is 0 Å². The SMILES string of the molecule is O=C(NCc1ccc2c(c1)OCO2)NC1CCN(C2CC2)C1. The minimum Gasteiger partial charge on any atom is -0.454 e. The first-order chi connectivity index (χ1) is 10.8. The van der Waals surface area contributed by atoms with E-state index in [4.69, 9.17) is 9.47 Å². The highest BCUT2D eigenvalue weighted by atomic mass is 16.7. The number of amides is 2. The molecule has 6 nitrogen and oxygen atoms in total. The van der Waals surface area contributed by atoms with Crippen molar-refractivity contribution in [2.75, 3.05) is 19.9 Å². The largest absolute Gasteiger partial charge is 0.454 e. The second-order valence-electron chi connectivity index (χ2n) is 6.23. The zero-order chi connectivity index (χ0) is 14.9. The van der Waals surface area contributed by atoms with Gasteiger partial charge in [0.25, 0.3) is 0 Å². The number of carbonyl (C=O) groups is 1. The van der Waals surface area contributed by atoms with Gasteiger partial charge in [0.2, 0.25) is 6.79 Å². The lowest BCUT2D eigenvalue weighted by Gasteiger charge is -2.16. The Hall–Kier alpha value is -1.95. The predicted molar refractivity (Wildman–Crippen MR) is 80.9 cm³/mol. The van der Waals surface area contributed by atoms with E-state index in [1.165, 1.54) is 12.8 Å². The molecule has 0 bridgehead atoms. The zero-order valence-corrected chi connectivity index (χ0v) is 12.5. The number of nitrogens with zero attached hydrogens (tertiary/aromatic N) is 1.